The molecule has 4 heteroatoms. The summed E-state index contributed by atoms with van der Waals surface area (Å²) in [5.74, 6) is 1.40. The summed E-state index contributed by atoms with van der Waals surface area (Å²) in [6.45, 7) is 2.76. The topological polar surface area (TPSA) is 43.8 Å². The van der Waals surface area contributed by atoms with Gasteiger partial charge in [-0.3, -0.25) is 4.68 Å². The largest absolute Gasteiger partial charge is 0.330 e. The fourth-order valence-corrected chi connectivity index (χ4v) is 2.60. The maximum Gasteiger partial charge on any atom is 0.0847 e. The van der Waals surface area contributed by atoms with Crippen molar-refractivity contribution in [3.63, 3.8) is 0 Å². The van der Waals surface area contributed by atoms with Gasteiger partial charge in [0.05, 0.1) is 16.4 Å². The maximum atomic E-state index is 6.22. The molecule has 1 saturated carbocycles. The van der Waals surface area contributed by atoms with Gasteiger partial charge in [-0.25, -0.2) is 0 Å². The van der Waals surface area contributed by atoms with Crippen molar-refractivity contribution >= 4 is 11.6 Å². The Kier molecular flexibility index (Phi) is 3.03. The molecule has 2 N–H and O–H groups in total. The molecule has 0 spiro atoms. The van der Waals surface area contributed by atoms with Crippen LogP contribution in [0.25, 0.3) is 0 Å². The Morgan fingerprint density at radius 3 is 2.53 bits per heavy atom. The van der Waals surface area contributed by atoms with E-state index in [0.29, 0.717) is 11.8 Å². The van der Waals surface area contributed by atoms with E-state index in [2.05, 4.69) is 5.10 Å². The summed E-state index contributed by atoms with van der Waals surface area (Å²) in [6, 6.07) is 0. The van der Waals surface area contributed by atoms with Crippen LogP contribution in [0.15, 0.2) is 0 Å². The predicted octanol–water partition coefficient (Wildman–Crippen LogP) is 1.91. The van der Waals surface area contributed by atoms with Crippen LogP contribution in [0.1, 0.15) is 24.2 Å². The average molecular weight is 228 g/mol. The molecular formula is C11H18ClN3. The number of aromatic nitrogens is 2. The van der Waals surface area contributed by atoms with Crippen molar-refractivity contribution < 1.29 is 0 Å². The van der Waals surface area contributed by atoms with Crippen LogP contribution in [0.2, 0.25) is 5.02 Å². The van der Waals surface area contributed by atoms with E-state index in [1.807, 2.05) is 18.7 Å². The minimum absolute atomic E-state index is 0.691. The zero-order valence-electron chi connectivity index (χ0n) is 9.33. The number of halogens is 1. The fourth-order valence-electron chi connectivity index (χ4n) is 2.37. The maximum absolute atomic E-state index is 6.22. The van der Waals surface area contributed by atoms with Crippen molar-refractivity contribution in [1.29, 1.82) is 0 Å². The Balaban J connectivity index is 2.10. The van der Waals surface area contributed by atoms with Gasteiger partial charge in [0.1, 0.15) is 0 Å². The molecule has 2 unspecified atom stereocenters. The van der Waals surface area contributed by atoms with Crippen molar-refractivity contribution in [1.82, 2.24) is 9.78 Å². The lowest BCUT2D eigenvalue weighted by Crippen LogP contribution is -2.34. The Morgan fingerprint density at radius 2 is 2.13 bits per heavy atom. The first kappa shape index (κ1) is 11.0. The van der Waals surface area contributed by atoms with Gasteiger partial charge < -0.3 is 5.73 Å². The molecule has 1 fully saturated rings. The van der Waals surface area contributed by atoms with Crippen LogP contribution in [-0.2, 0) is 13.5 Å². The highest BCUT2D eigenvalue weighted by atomic mass is 35.5. The number of nitrogens with two attached hydrogens (primary N) is 1. The van der Waals surface area contributed by atoms with Gasteiger partial charge in [0.25, 0.3) is 0 Å². The summed E-state index contributed by atoms with van der Waals surface area (Å²) in [7, 11) is 1.96. The zero-order valence-corrected chi connectivity index (χ0v) is 10.1. The molecule has 0 radical (unpaired) electrons. The molecule has 1 aromatic rings. The SMILES string of the molecule is Cc1nn(C)c(CC2CCC2CN)c1Cl. The van der Waals surface area contributed by atoms with Crippen LogP contribution in [0.4, 0.5) is 0 Å². The number of hydrogen-bond acceptors (Lipinski definition) is 2. The van der Waals surface area contributed by atoms with Gasteiger partial charge in [-0.15, -0.1) is 0 Å². The number of nitrogens with zero attached hydrogens (tertiary/aromatic N) is 2. The quantitative estimate of drug-likeness (QED) is 0.858. The summed E-state index contributed by atoms with van der Waals surface area (Å²) in [5.41, 5.74) is 7.80. The van der Waals surface area contributed by atoms with E-state index in [1.54, 1.807) is 0 Å². The normalized spacial score (nSPS) is 25.3. The van der Waals surface area contributed by atoms with Crippen LogP contribution >= 0.6 is 11.6 Å². The van der Waals surface area contributed by atoms with Crippen molar-refractivity contribution in [2.24, 2.45) is 24.6 Å². The molecular weight excluding hydrogens is 210 g/mol. The minimum atomic E-state index is 0.691. The second-order valence-electron chi connectivity index (χ2n) is 4.51. The van der Waals surface area contributed by atoms with Gasteiger partial charge >= 0.3 is 0 Å². The fraction of sp³-hybridized carbons (Fsp3) is 0.727. The lowest BCUT2D eigenvalue weighted by atomic mass is 9.71. The summed E-state index contributed by atoms with van der Waals surface area (Å²) >= 11 is 6.22. The number of hydrogen-bond donors (Lipinski definition) is 1. The van der Waals surface area contributed by atoms with E-state index < -0.39 is 0 Å². The second kappa shape index (κ2) is 4.14. The Labute approximate surface area is 95.6 Å². The number of rotatable bonds is 3. The van der Waals surface area contributed by atoms with Gasteiger partial charge in [0.2, 0.25) is 0 Å². The molecule has 1 heterocycles. The first-order chi connectivity index (χ1) is 7.13. The lowest BCUT2D eigenvalue weighted by Gasteiger charge is -2.35. The third kappa shape index (κ3) is 1.91. The predicted molar refractivity (Wildman–Crippen MR) is 61.9 cm³/mol. The summed E-state index contributed by atoms with van der Waals surface area (Å²) in [4.78, 5) is 0. The Morgan fingerprint density at radius 1 is 1.47 bits per heavy atom. The molecule has 0 aliphatic heterocycles. The molecule has 1 aliphatic carbocycles. The van der Waals surface area contributed by atoms with Crippen LogP contribution in [0, 0.1) is 18.8 Å². The highest BCUT2D eigenvalue weighted by Crippen LogP contribution is 2.37. The molecule has 2 atom stereocenters. The van der Waals surface area contributed by atoms with E-state index in [1.165, 1.54) is 12.8 Å². The van der Waals surface area contributed by atoms with Crippen molar-refractivity contribution in [3.8, 4) is 0 Å². The molecule has 0 aromatic carbocycles. The molecule has 2 rings (SSSR count). The van der Waals surface area contributed by atoms with E-state index in [9.17, 15) is 0 Å². The first-order valence-corrected chi connectivity index (χ1v) is 5.89. The van der Waals surface area contributed by atoms with Crippen molar-refractivity contribution in [2.75, 3.05) is 6.54 Å². The molecule has 0 amide bonds. The van der Waals surface area contributed by atoms with E-state index >= 15 is 0 Å². The minimum Gasteiger partial charge on any atom is -0.330 e. The average Bonchev–Trinajstić information content (AvgIpc) is 2.38. The molecule has 84 valence electrons. The van der Waals surface area contributed by atoms with E-state index in [0.717, 1.165) is 29.4 Å². The molecule has 0 saturated heterocycles. The van der Waals surface area contributed by atoms with Gasteiger partial charge in [-0.05, 0) is 44.6 Å². The molecule has 0 bridgehead atoms. The number of aryl methyl sites for hydroxylation is 2. The standard InChI is InChI=1S/C11H18ClN3/c1-7-11(12)10(15(2)14-7)5-8-3-4-9(8)6-13/h8-9H,3-6,13H2,1-2H3. The highest BCUT2D eigenvalue weighted by Gasteiger charge is 2.31. The highest BCUT2D eigenvalue weighted by molar-refractivity contribution is 6.31. The van der Waals surface area contributed by atoms with Crippen molar-refractivity contribution in [2.45, 2.75) is 26.2 Å². The van der Waals surface area contributed by atoms with Gasteiger partial charge in [-0.1, -0.05) is 11.6 Å². The van der Waals surface area contributed by atoms with Crippen LogP contribution in [0.5, 0.6) is 0 Å². The van der Waals surface area contributed by atoms with Crippen LogP contribution < -0.4 is 5.73 Å². The summed E-state index contributed by atoms with van der Waals surface area (Å²) in [6.07, 6.45) is 3.58. The van der Waals surface area contributed by atoms with Gasteiger partial charge in [0.15, 0.2) is 0 Å². The van der Waals surface area contributed by atoms with Crippen LogP contribution in [0.3, 0.4) is 0 Å². The zero-order chi connectivity index (χ0) is 11.0. The lowest BCUT2D eigenvalue weighted by molar-refractivity contribution is 0.180. The Hall–Kier alpha value is -0.540. The van der Waals surface area contributed by atoms with Gasteiger partial charge in [0, 0.05) is 7.05 Å². The molecule has 15 heavy (non-hydrogen) atoms. The monoisotopic (exact) mass is 227 g/mol. The smallest absolute Gasteiger partial charge is 0.0847 e. The third-order valence-corrected chi connectivity index (χ3v) is 4.09. The Bertz CT molecular complexity index is 357. The van der Waals surface area contributed by atoms with Crippen LogP contribution in [-0.4, -0.2) is 16.3 Å². The molecule has 1 aromatic heterocycles. The third-order valence-electron chi connectivity index (χ3n) is 3.59. The van der Waals surface area contributed by atoms with Gasteiger partial charge in [-0.2, -0.15) is 5.10 Å². The van der Waals surface area contributed by atoms with E-state index in [-0.39, 0.29) is 0 Å². The summed E-state index contributed by atoms with van der Waals surface area (Å²) < 4.78 is 1.91. The molecule has 1 aliphatic rings. The second-order valence-corrected chi connectivity index (χ2v) is 4.88. The summed E-state index contributed by atoms with van der Waals surface area (Å²) in [5, 5.41) is 5.16. The first-order valence-electron chi connectivity index (χ1n) is 5.51. The van der Waals surface area contributed by atoms with Crippen molar-refractivity contribution in [3.05, 3.63) is 16.4 Å². The van der Waals surface area contributed by atoms with E-state index in [4.69, 9.17) is 17.3 Å². The molecule has 3 nitrogen and oxygen atoms in total.